The van der Waals surface area contributed by atoms with Crippen molar-refractivity contribution in [2.75, 3.05) is 19.6 Å². The first-order chi connectivity index (χ1) is 7.68. The Bertz CT molecular complexity index is 175. The maximum atomic E-state index is 8.69. The van der Waals surface area contributed by atoms with E-state index < -0.39 is 7.12 Å². The number of likely N-dealkylation sites (tertiary alicyclic amines) is 1. The van der Waals surface area contributed by atoms with E-state index in [4.69, 9.17) is 15.8 Å². The maximum Gasteiger partial charge on any atom is 0.451 e. The molecule has 0 aliphatic carbocycles. The molecule has 0 amide bonds. The molecule has 1 rings (SSSR count). The van der Waals surface area contributed by atoms with E-state index in [1.54, 1.807) is 0 Å². The van der Waals surface area contributed by atoms with Gasteiger partial charge in [-0.1, -0.05) is 19.3 Å². The van der Waals surface area contributed by atoms with Gasteiger partial charge >= 0.3 is 7.12 Å². The molecule has 1 fully saturated rings. The first kappa shape index (κ1) is 14.0. The Labute approximate surface area is 99.0 Å². The van der Waals surface area contributed by atoms with E-state index in [2.05, 4.69) is 4.90 Å². The maximum absolute atomic E-state index is 8.69. The predicted octanol–water partition coefficient (Wildman–Crippen LogP) is 0.443. The molecule has 0 saturated carbocycles. The molecule has 4 N–H and O–H groups in total. The minimum atomic E-state index is -1.15. The van der Waals surface area contributed by atoms with E-state index in [9.17, 15) is 0 Å². The van der Waals surface area contributed by atoms with Crippen molar-refractivity contribution in [2.24, 2.45) is 5.73 Å². The van der Waals surface area contributed by atoms with Gasteiger partial charge < -0.3 is 20.7 Å². The Morgan fingerprint density at radius 1 is 1.12 bits per heavy atom. The Kier molecular flexibility index (Phi) is 7.04. The summed E-state index contributed by atoms with van der Waals surface area (Å²) in [5.74, 6) is 0. The summed E-state index contributed by atoms with van der Waals surface area (Å²) in [6.45, 7) is 3.40. The third-order valence-electron chi connectivity index (χ3n) is 3.23. The lowest BCUT2D eigenvalue weighted by atomic mass is 9.83. The molecule has 5 heteroatoms. The van der Waals surface area contributed by atoms with Gasteiger partial charge in [0.05, 0.1) is 0 Å². The zero-order valence-electron chi connectivity index (χ0n) is 10.1. The fraction of sp³-hybridized carbons (Fsp3) is 1.00. The Balaban J connectivity index is 1.99. The van der Waals surface area contributed by atoms with Crippen LogP contribution in [0.25, 0.3) is 0 Å². The van der Waals surface area contributed by atoms with Crippen LogP contribution in [-0.4, -0.2) is 47.7 Å². The molecule has 0 aromatic rings. The lowest BCUT2D eigenvalue weighted by molar-refractivity contribution is 0.212. The quantitative estimate of drug-likeness (QED) is 0.437. The highest BCUT2D eigenvalue weighted by molar-refractivity contribution is 6.40. The number of rotatable bonds is 7. The lowest BCUT2D eigenvalue weighted by Gasteiger charge is -2.28. The molecule has 0 bridgehead atoms. The number of hydrogen-bond donors (Lipinski definition) is 3. The van der Waals surface area contributed by atoms with Crippen LogP contribution in [0.15, 0.2) is 0 Å². The molecule has 4 nitrogen and oxygen atoms in total. The summed E-state index contributed by atoms with van der Waals surface area (Å²) in [5, 5.41) is 17.4. The molecule has 1 saturated heterocycles. The third kappa shape index (κ3) is 6.48. The van der Waals surface area contributed by atoms with E-state index in [1.807, 2.05) is 0 Å². The summed E-state index contributed by atoms with van der Waals surface area (Å²) in [4.78, 5) is 2.45. The van der Waals surface area contributed by atoms with Crippen LogP contribution in [0.2, 0.25) is 6.32 Å². The van der Waals surface area contributed by atoms with Gasteiger partial charge in [0.1, 0.15) is 0 Å². The van der Waals surface area contributed by atoms with Crippen molar-refractivity contribution in [3.8, 4) is 0 Å². The predicted molar refractivity (Wildman–Crippen MR) is 67.1 cm³/mol. The summed E-state index contributed by atoms with van der Waals surface area (Å²) in [6.07, 6.45) is 7.28. The average molecular weight is 228 g/mol. The van der Waals surface area contributed by atoms with Gasteiger partial charge in [-0.2, -0.15) is 0 Å². The zero-order valence-corrected chi connectivity index (χ0v) is 10.1. The lowest BCUT2D eigenvalue weighted by Crippen LogP contribution is -2.40. The normalized spacial score (nSPS) is 19.7. The Morgan fingerprint density at radius 3 is 2.44 bits per heavy atom. The second-order valence-electron chi connectivity index (χ2n) is 4.89. The van der Waals surface area contributed by atoms with Crippen molar-refractivity contribution >= 4 is 7.12 Å². The van der Waals surface area contributed by atoms with Gasteiger partial charge in [0.2, 0.25) is 0 Å². The first-order valence-electron chi connectivity index (χ1n) is 6.52. The summed E-state index contributed by atoms with van der Waals surface area (Å²) < 4.78 is 0. The number of piperidine rings is 1. The highest BCUT2D eigenvalue weighted by atomic mass is 16.4. The van der Waals surface area contributed by atoms with Crippen molar-refractivity contribution in [3.05, 3.63) is 0 Å². The summed E-state index contributed by atoms with van der Waals surface area (Å²) in [7, 11) is -1.15. The van der Waals surface area contributed by atoms with E-state index in [0.29, 0.717) is 6.32 Å². The molecule has 0 aromatic carbocycles. The number of nitrogens with zero attached hydrogens (tertiary/aromatic N) is 1. The van der Waals surface area contributed by atoms with Crippen LogP contribution in [0.4, 0.5) is 0 Å². The number of unbranched alkanes of at least 4 members (excludes halogenated alkanes) is 1. The van der Waals surface area contributed by atoms with Gasteiger partial charge in [-0.3, -0.25) is 0 Å². The van der Waals surface area contributed by atoms with E-state index >= 15 is 0 Å². The Hall–Kier alpha value is -0.0951. The van der Waals surface area contributed by atoms with Crippen molar-refractivity contribution in [1.82, 2.24) is 4.90 Å². The van der Waals surface area contributed by atoms with Crippen LogP contribution >= 0.6 is 0 Å². The molecular formula is C11H25BN2O2. The molecule has 1 heterocycles. The zero-order chi connectivity index (χ0) is 11.8. The van der Waals surface area contributed by atoms with Crippen LogP contribution in [-0.2, 0) is 0 Å². The summed E-state index contributed by atoms with van der Waals surface area (Å²) >= 11 is 0. The van der Waals surface area contributed by atoms with Gasteiger partial charge in [0.25, 0.3) is 0 Å². The highest BCUT2D eigenvalue weighted by Crippen LogP contribution is 2.10. The number of hydrogen-bond acceptors (Lipinski definition) is 4. The smallest absolute Gasteiger partial charge is 0.427 e. The Morgan fingerprint density at radius 2 is 1.81 bits per heavy atom. The fourth-order valence-corrected chi connectivity index (χ4v) is 2.30. The largest absolute Gasteiger partial charge is 0.451 e. The standard InChI is InChI=1S/C11H25BN2O2/c13-11(6-2-3-7-12(15)16)10-14-8-4-1-5-9-14/h11,15-16H,1-10,13H2. The van der Waals surface area contributed by atoms with E-state index in [-0.39, 0.29) is 6.04 Å². The number of nitrogens with two attached hydrogens (primary N) is 1. The molecule has 0 aromatic heterocycles. The van der Waals surface area contributed by atoms with Crippen molar-refractivity contribution in [1.29, 1.82) is 0 Å². The summed E-state index contributed by atoms with van der Waals surface area (Å²) in [5.41, 5.74) is 6.05. The van der Waals surface area contributed by atoms with Crippen LogP contribution in [0.5, 0.6) is 0 Å². The topological polar surface area (TPSA) is 69.7 Å². The molecule has 0 spiro atoms. The van der Waals surface area contributed by atoms with Gasteiger partial charge in [-0.15, -0.1) is 0 Å². The SMILES string of the molecule is NC(CCCCB(O)O)CN1CCCCC1. The van der Waals surface area contributed by atoms with Crippen molar-refractivity contribution < 1.29 is 10.0 Å². The molecule has 94 valence electrons. The molecule has 16 heavy (non-hydrogen) atoms. The molecular weight excluding hydrogens is 203 g/mol. The molecule has 1 unspecified atom stereocenters. The average Bonchev–Trinajstić information content (AvgIpc) is 2.25. The summed E-state index contributed by atoms with van der Waals surface area (Å²) in [6, 6.07) is 0.244. The van der Waals surface area contributed by atoms with Crippen LogP contribution in [0.1, 0.15) is 38.5 Å². The molecule has 1 aliphatic heterocycles. The monoisotopic (exact) mass is 228 g/mol. The van der Waals surface area contributed by atoms with E-state index in [0.717, 1.165) is 25.8 Å². The van der Waals surface area contributed by atoms with Crippen LogP contribution in [0.3, 0.4) is 0 Å². The highest BCUT2D eigenvalue weighted by Gasteiger charge is 2.13. The first-order valence-corrected chi connectivity index (χ1v) is 6.52. The molecule has 0 radical (unpaired) electrons. The van der Waals surface area contributed by atoms with Crippen molar-refractivity contribution in [2.45, 2.75) is 50.9 Å². The van der Waals surface area contributed by atoms with Crippen molar-refractivity contribution in [3.63, 3.8) is 0 Å². The van der Waals surface area contributed by atoms with Crippen LogP contribution < -0.4 is 5.73 Å². The second kappa shape index (κ2) is 8.06. The minimum Gasteiger partial charge on any atom is -0.427 e. The molecule has 1 aliphatic rings. The fourth-order valence-electron chi connectivity index (χ4n) is 2.30. The van der Waals surface area contributed by atoms with Crippen LogP contribution in [0, 0.1) is 0 Å². The second-order valence-corrected chi connectivity index (χ2v) is 4.89. The van der Waals surface area contributed by atoms with Gasteiger partial charge in [-0.05, 0) is 38.7 Å². The van der Waals surface area contributed by atoms with Gasteiger partial charge in [0, 0.05) is 12.6 Å². The van der Waals surface area contributed by atoms with E-state index in [1.165, 1.54) is 32.4 Å². The molecule has 1 atom stereocenters. The minimum absolute atomic E-state index is 0.244. The van der Waals surface area contributed by atoms with Gasteiger partial charge in [0.15, 0.2) is 0 Å². The van der Waals surface area contributed by atoms with Gasteiger partial charge in [-0.25, -0.2) is 0 Å². The third-order valence-corrected chi connectivity index (χ3v) is 3.23.